The van der Waals surface area contributed by atoms with Crippen molar-refractivity contribution in [2.45, 2.75) is 32.2 Å². The summed E-state index contributed by atoms with van der Waals surface area (Å²) in [7, 11) is 1.64. The molecular formula is C14H18N2O. The fourth-order valence-electron chi connectivity index (χ4n) is 2.05. The third-order valence-corrected chi connectivity index (χ3v) is 3.13. The average Bonchev–Trinajstić information content (AvgIpc) is 3.12. The number of methoxy groups -OCH3 is 1. The van der Waals surface area contributed by atoms with Gasteiger partial charge in [0, 0.05) is 12.1 Å². The van der Waals surface area contributed by atoms with Gasteiger partial charge >= 0.3 is 0 Å². The van der Waals surface area contributed by atoms with Crippen molar-refractivity contribution in [3.63, 3.8) is 0 Å². The second-order valence-electron chi connectivity index (χ2n) is 4.75. The van der Waals surface area contributed by atoms with Crippen LogP contribution in [0.3, 0.4) is 0 Å². The van der Waals surface area contributed by atoms with Crippen LogP contribution >= 0.6 is 0 Å². The number of nitrogens with zero attached hydrogens (tertiary/aromatic N) is 1. The van der Waals surface area contributed by atoms with Crippen molar-refractivity contribution in [2.24, 2.45) is 5.92 Å². The van der Waals surface area contributed by atoms with E-state index in [2.05, 4.69) is 18.3 Å². The van der Waals surface area contributed by atoms with Gasteiger partial charge in [-0.3, -0.25) is 0 Å². The molecule has 1 aliphatic rings. The van der Waals surface area contributed by atoms with E-state index in [9.17, 15) is 0 Å². The van der Waals surface area contributed by atoms with Gasteiger partial charge in [-0.25, -0.2) is 0 Å². The average molecular weight is 230 g/mol. The van der Waals surface area contributed by atoms with E-state index in [1.165, 1.54) is 19.3 Å². The van der Waals surface area contributed by atoms with E-state index >= 15 is 0 Å². The summed E-state index contributed by atoms with van der Waals surface area (Å²) < 4.78 is 5.18. The summed E-state index contributed by atoms with van der Waals surface area (Å²) in [6.45, 7) is 2.17. The van der Waals surface area contributed by atoms with Crippen molar-refractivity contribution in [2.75, 3.05) is 12.4 Å². The highest BCUT2D eigenvalue weighted by molar-refractivity contribution is 5.60. The van der Waals surface area contributed by atoms with E-state index in [-0.39, 0.29) is 0 Å². The Morgan fingerprint density at radius 2 is 2.29 bits per heavy atom. The Balaban J connectivity index is 2.08. The molecule has 1 unspecified atom stereocenters. The predicted octanol–water partition coefficient (Wildman–Crippen LogP) is 3.17. The summed E-state index contributed by atoms with van der Waals surface area (Å²) in [5.41, 5.74) is 1.55. The summed E-state index contributed by atoms with van der Waals surface area (Å²) >= 11 is 0. The van der Waals surface area contributed by atoms with Crippen molar-refractivity contribution >= 4 is 5.69 Å². The molecule has 1 aromatic carbocycles. The number of ether oxygens (including phenoxy) is 1. The molecule has 1 N–H and O–H groups in total. The highest BCUT2D eigenvalue weighted by Gasteiger charge is 2.23. The number of nitrogens with one attached hydrogen (secondary N) is 1. The predicted molar refractivity (Wildman–Crippen MR) is 68.1 cm³/mol. The maximum atomic E-state index is 9.06. The normalized spacial score (nSPS) is 16.1. The molecule has 3 nitrogen and oxygen atoms in total. The maximum absolute atomic E-state index is 9.06. The molecule has 0 radical (unpaired) electrons. The van der Waals surface area contributed by atoms with Gasteiger partial charge in [-0.2, -0.15) is 5.26 Å². The third kappa shape index (κ3) is 3.13. The Labute approximate surface area is 102 Å². The van der Waals surface area contributed by atoms with Gasteiger partial charge in [0.05, 0.1) is 18.4 Å². The zero-order valence-electron chi connectivity index (χ0n) is 10.4. The van der Waals surface area contributed by atoms with Gasteiger partial charge in [-0.05, 0) is 31.4 Å². The van der Waals surface area contributed by atoms with Crippen molar-refractivity contribution in [3.05, 3.63) is 23.8 Å². The first-order valence-corrected chi connectivity index (χ1v) is 6.07. The van der Waals surface area contributed by atoms with Crippen LogP contribution in [0.1, 0.15) is 31.7 Å². The molecule has 0 spiro atoms. The molecule has 1 aromatic rings. The molecule has 2 rings (SSSR count). The molecule has 0 heterocycles. The molecule has 0 bridgehead atoms. The van der Waals surface area contributed by atoms with E-state index < -0.39 is 0 Å². The second-order valence-corrected chi connectivity index (χ2v) is 4.75. The molecule has 90 valence electrons. The lowest BCUT2D eigenvalue weighted by atomic mass is 10.1. The Hall–Kier alpha value is -1.69. The van der Waals surface area contributed by atoms with Crippen LogP contribution in [-0.4, -0.2) is 13.2 Å². The molecule has 3 heteroatoms. The minimum atomic E-state index is 0.404. The largest absolute Gasteiger partial charge is 0.497 e. The van der Waals surface area contributed by atoms with Crippen LogP contribution in [0.5, 0.6) is 5.75 Å². The van der Waals surface area contributed by atoms with Crippen LogP contribution in [-0.2, 0) is 0 Å². The van der Waals surface area contributed by atoms with Crippen LogP contribution < -0.4 is 10.1 Å². The topological polar surface area (TPSA) is 45.0 Å². The first kappa shape index (κ1) is 11.8. The van der Waals surface area contributed by atoms with Crippen molar-refractivity contribution in [1.82, 2.24) is 0 Å². The first-order chi connectivity index (χ1) is 8.22. The smallest absolute Gasteiger partial charge is 0.121 e. The number of benzene rings is 1. The number of hydrogen-bond donors (Lipinski definition) is 1. The summed E-state index contributed by atoms with van der Waals surface area (Å²) in [6.07, 6.45) is 3.90. The van der Waals surface area contributed by atoms with Gasteiger partial charge in [-0.15, -0.1) is 0 Å². The van der Waals surface area contributed by atoms with Crippen LogP contribution in [0, 0.1) is 17.2 Å². The molecule has 1 saturated carbocycles. The lowest BCUT2D eigenvalue weighted by Gasteiger charge is -2.16. The Morgan fingerprint density at radius 1 is 1.53 bits per heavy atom. The van der Waals surface area contributed by atoms with E-state index in [1.807, 2.05) is 12.1 Å². The monoisotopic (exact) mass is 230 g/mol. The molecule has 1 fully saturated rings. The second kappa shape index (κ2) is 5.09. The Morgan fingerprint density at radius 3 is 2.88 bits per heavy atom. The highest BCUT2D eigenvalue weighted by Crippen LogP contribution is 2.34. The van der Waals surface area contributed by atoms with Gasteiger partial charge in [0.2, 0.25) is 0 Å². The fraction of sp³-hybridized carbons (Fsp3) is 0.500. The number of nitriles is 1. The minimum Gasteiger partial charge on any atom is -0.497 e. The Kier molecular flexibility index (Phi) is 3.53. The molecule has 0 aromatic heterocycles. The van der Waals surface area contributed by atoms with E-state index in [0.717, 1.165) is 17.4 Å². The van der Waals surface area contributed by atoms with E-state index in [4.69, 9.17) is 10.00 Å². The van der Waals surface area contributed by atoms with Crippen LogP contribution in [0.25, 0.3) is 0 Å². The minimum absolute atomic E-state index is 0.404. The van der Waals surface area contributed by atoms with Gasteiger partial charge < -0.3 is 10.1 Å². The SMILES string of the molecule is COc1ccc(C#N)c(NC(C)CC2CC2)c1. The van der Waals surface area contributed by atoms with E-state index in [0.29, 0.717) is 11.6 Å². The maximum Gasteiger partial charge on any atom is 0.121 e. The number of hydrogen-bond acceptors (Lipinski definition) is 3. The Bertz CT molecular complexity index is 432. The van der Waals surface area contributed by atoms with Crippen LogP contribution in [0.2, 0.25) is 0 Å². The van der Waals surface area contributed by atoms with E-state index in [1.54, 1.807) is 13.2 Å². The standard InChI is InChI=1S/C14H18N2O/c1-10(7-11-3-4-11)16-14-8-13(17-2)6-5-12(14)9-15/h5-6,8,10-11,16H,3-4,7H2,1-2H3. The van der Waals surface area contributed by atoms with Crippen molar-refractivity contribution < 1.29 is 4.74 Å². The summed E-state index contributed by atoms with van der Waals surface area (Å²) in [5, 5.41) is 12.5. The van der Waals surface area contributed by atoms with Crippen LogP contribution in [0.4, 0.5) is 5.69 Å². The molecular weight excluding hydrogens is 212 g/mol. The highest BCUT2D eigenvalue weighted by atomic mass is 16.5. The zero-order chi connectivity index (χ0) is 12.3. The van der Waals surface area contributed by atoms with Crippen molar-refractivity contribution in [1.29, 1.82) is 5.26 Å². The first-order valence-electron chi connectivity index (χ1n) is 6.07. The molecule has 0 saturated heterocycles. The number of rotatable bonds is 5. The lowest BCUT2D eigenvalue weighted by Crippen LogP contribution is -2.16. The molecule has 0 aliphatic heterocycles. The van der Waals surface area contributed by atoms with Gasteiger partial charge in [-0.1, -0.05) is 12.8 Å². The lowest BCUT2D eigenvalue weighted by molar-refractivity contribution is 0.415. The third-order valence-electron chi connectivity index (χ3n) is 3.13. The number of anilines is 1. The molecule has 0 amide bonds. The van der Waals surface area contributed by atoms with Crippen LogP contribution in [0.15, 0.2) is 18.2 Å². The van der Waals surface area contributed by atoms with Gasteiger partial charge in [0.15, 0.2) is 0 Å². The summed E-state index contributed by atoms with van der Waals surface area (Å²) in [4.78, 5) is 0. The van der Waals surface area contributed by atoms with Gasteiger partial charge in [0.1, 0.15) is 11.8 Å². The molecule has 1 atom stereocenters. The van der Waals surface area contributed by atoms with Crippen molar-refractivity contribution in [3.8, 4) is 11.8 Å². The molecule has 1 aliphatic carbocycles. The summed E-state index contributed by atoms with van der Waals surface area (Å²) in [5.74, 6) is 1.67. The quantitative estimate of drug-likeness (QED) is 0.845. The van der Waals surface area contributed by atoms with Gasteiger partial charge in [0.25, 0.3) is 0 Å². The summed E-state index contributed by atoms with van der Waals surface area (Å²) in [6, 6.07) is 8.11. The molecule has 17 heavy (non-hydrogen) atoms. The fourth-order valence-corrected chi connectivity index (χ4v) is 2.05. The zero-order valence-corrected chi connectivity index (χ0v) is 10.4.